The average Bonchev–Trinajstić information content (AvgIpc) is 2.43. The van der Waals surface area contributed by atoms with Crippen LogP contribution < -0.4 is 10.5 Å². The van der Waals surface area contributed by atoms with Crippen LogP contribution in [0, 0.1) is 0 Å². The maximum absolute atomic E-state index is 12.3. The summed E-state index contributed by atoms with van der Waals surface area (Å²) in [5, 5.41) is 9.00. The van der Waals surface area contributed by atoms with Gasteiger partial charge >= 0.3 is 0 Å². The Balaban J connectivity index is 2.88. The molecule has 0 saturated heterocycles. The Bertz CT molecular complexity index is 423. The lowest BCUT2D eigenvalue weighted by Gasteiger charge is -2.21. The SMILES string of the molecule is COCCN(CCO)C(=O)c1ccc(N)c(OC)c1. The van der Waals surface area contributed by atoms with Crippen LogP contribution in [0.5, 0.6) is 5.75 Å². The maximum atomic E-state index is 12.3. The molecule has 0 heterocycles. The zero-order valence-electron chi connectivity index (χ0n) is 11.3. The van der Waals surface area contributed by atoms with Crippen molar-refractivity contribution in [2.24, 2.45) is 0 Å². The van der Waals surface area contributed by atoms with Gasteiger partial charge in [0.05, 0.1) is 26.0 Å². The van der Waals surface area contributed by atoms with Gasteiger partial charge in [0.1, 0.15) is 5.75 Å². The second-order valence-electron chi connectivity index (χ2n) is 3.97. The number of nitrogens with zero attached hydrogens (tertiary/aromatic N) is 1. The van der Waals surface area contributed by atoms with Gasteiger partial charge in [-0.3, -0.25) is 4.79 Å². The van der Waals surface area contributed by atoms with Crippen LogP contribution in [-0.4, -0.2) is 56.4 Å². The van der Waals surface area contributed by atoms with Crippen LogP contribution in [0.2, 0.25) is 0 Å². The third-order valence-corrected chi connectivity index (χ3v) is 2.70. The number of ether oxygens (including phenoxy) is 2. The molecule has 6 nitrogen and oxygen atoms in total. The van der Waals surface area contributed by atoms with E-state index in [0.717, 1.165) is 0 Å². The summed E-state index contributed by atoms with van der Waals surface area (Å²) in [5.74, 6) is 0.269. The Morgan fingerprint density at radius 2 is 2.11 bits per heavy atom. The van der Waals surface area contributed by atoms with Crippen molar-refractivity contribution in [2.75, 3.05) is 46.3 Å². The largest absolute Gasteiger partial charge is 0.495 e. The molecule has 0 aliphatic heterocycles. The van der Waals surface area contributed by atoms with Gasteiger partial charge in [0, 0.05) is 25.8 Å². The van der Waals surface area contributed by atoms with Crippen LogP contribution in [-0.2, 0) is 4.74 Å². The molecular formula is C13H20N2O4. The van der Waals surface area contributed by atoms with Crippen LogP contribution in [0.1, 0.15) is 10.4 Å². The minimum absolute atomic E-state index is 0.0957. The fraction of sp³-hybridized carbons (Fsp3) is 0.462. The molecule has 0 unspecified atom stereocenters. The Hall–Kier alpha value is -1.79. The van der Waals surface area contributed by atoms with Crippen LogP contribution >= 0.6 is 0 Å². The molecule has 1 amide bonds. The van der Waals surface area contributed by atoms with Gasteiger partial charge in [-0.05, 0) is 18.2 Å². The molecule has 0 aromatic heterocycles. The summed E-state index contributed by atoms with van der Waals surface area (Å²) in [5.41, 5.74) is 6.65. The van der Waals surface area contributed by atoms with Crippen molar-refractivity contribution in [1.29, 1.82) is 0 Å². The maximum Gasteiger partial charge on any atom is 0.254 e. The highest BCUT2D eigenvalue weighted by Crippen LogP contribution is 2.22. The first kappa shape index (κ1) is 15.3. The van der Waals surface area contributed by atoms with E-state index in [0.29, 0.717) is 30.2 Å². The average molecular weight is 268 g/mol. The van der Waals surface area contributed by atoms with E-state index in [4.69, 9.17) is 20.3 Å². The number of carbonyl (C=O) groups is 1. The number of hydrogen-bond acceptors (Lipinski definition) is 5. The molecule has 19 heavy (non-hydrogen) atoms. The normalized spacial score (nSPS) is 10.3. The fourth-order valence-electron chi connectivity index (χ4n) is 1.66. The summed E-state index contributed by atoms with van der Waals surface area (Å²) in [4.78, 5) is 13.8. The van der Waals surface area contributed by atoms with Gasteiger partial charge < -0.3 is 25.2 Å². The number of methoxy groups -OCH3 is 2. The van der Waals surface area contributed by atoms with Crippen molar-refractivity contribution < 1.29 is 19.4 Å². The van der Waals surface area contributed by atoms with Crippen LogP contribution in [0.3, 0.4) is 0 Å². The van der Waals surface area contributed by atoms with E-state index < -0.39 is 0 Å². The van der Waals surface area contributed by atoms with Gasteiger partial charge in [0.15, 0.2) is 0 Å². The van der Waals surface area contributed by atoms with Crippen molar-refractivity contribution in [3.05, 3.63) is 23.8 Å². The van der Waals surface area contributed by atoms with Crippen molar-refractivity contribution in [3.63, 3.8) is 0 Å². The van der Waals surface area contributed by atoms with E-state index >= 15 is 0 Å². The first-order chi connectivity index (χ1) is 9.13. The smallest absolute Gasteiger partial charge is 0.254 e. The molecule has 0 bridgehead atoms. The van der Waals surface area contributed by atoms with E-state index in [1.807, 2.05) is 0 Å². The molecule has 6 heteroatoms. The van der Waals surface area contributed by atoms with Gasteiger partial charge in [0.2, 0.25) is 0 Å². The quantitative estimate of drug-likeness (QED) is 0.697. The number of aliphatic hydroxyl groups excluding tert-OH is 1. The highest BCUT2D eigenvalue weighted by Gasteiger charge is 2.16. The van der Waals surface area contributed by atoms with Gasteiger partial charge in [-0.25, -0.2) is 0 Å². The van der Waals surface area contributed by atoms with Crippen LogP contribution in [0.15, 0.2) is 18.2 Å². The molecule has 0 spiro atoms. The lowest BCUT2D eigenvalue weighted by Crippen LogP contribution is -2.36. The number of hydrogen-bond donors (Lipinski definition) is 2. The van der Waals surface area contributed by atoms with Crippen LogP contribution in [0.4, 0.5) is 5.69 Å². The predicted molar refractivity (Wildman–Crippen MR) is 72.3 cm³/mol. The van der Waals surface area contributed by atoms with Gasteiger partial charge in [-0.1, -0.05) is 0 Å². The summed E-state index contributed by atoms with van der Waals surface area (Å²) < 4.78 is 10.0. The molecule has 106 valence electrons. The number of nitrogens with two attached hydrogens (primary N) is 1. The van der Waals surface area contributed by atoms with E-state index in [1.54, 1.807) is 25.3 Å². The van der Waals surface area contributed by atoms with E-state index in [-0.39, 0.29) is 19.1 Å². The predicted octanol–water partition coefficient (Wildman–Crippen LogP) is 0.358. The number of carbonyl (C=O) groups excluding carboxylic acids is 1. The molecule has 0 aliphatic rings. The minimum Gasteiger partial charge on any atom is -0.495 e. The molecule has 0 saturated carbocycles. The number of nitrogen functional groups attached to an aromatic ring is 1. The molecule has 1 rings (SSSR count). The first-order valence-electron chi connectivity index (χ1n) is 5.96. The third kappa shape index (κ3) is 4.11. The number of amides is 1. The topological polar surface area (TPSA) is 85.0 Å². The standard InChI is InChI=1S/C13H20N2O4/c1-18-8-6-15(5-7-16)13(17)10-3-4-11(14)12(9-10)19-2/h3-4,9,16H,5-8,14H2,1-2H3. The molecule has 1 aromatic rings. The number of benzene rings is 1. The zero-order chi connectivity index (χ0) is 14.3. The molecule has 0 aliphatic carbocycles. The fourth-order valence-corrected chi connectivity index (χ4v) is 1.66. The van der Waals surface area contributed by atoms with E-state index in [1.165, 1.54) is 12.0 Å². The van der Waals surface area contributed by atoms with Crippen molar-refractivity contribution in [3.8, 4) is 5.75 Å². The Kier molecular flexibility index (Phi) is 6.11. The molecule has 0 atom stereocenters. The number of aliphatic hydroxyl groups is 1. The van der Waals surface area contributed by atoms with Gasteiger partial charge in [0.25, 0.3) is 5.91 Å². The summed E-state index contributed by atoms with van der Waals surface area (Å²) >= 11 is 0. The molecular weight excluding hydrogens is 248 g/mol. The lowest BCUT2D eigenvalue weighted by molar-refractivity contribution is 0.0656. The van der Waals surface area contributed by atoms with Crippen molar-refractivity contribution in [2.45, 2.75) is 0 Å². The molecule has 3 N–H and O–H groups in total. The summed E-state index contributed by atoms with van der Waals surface area (Å²) in [7, 11) is 3.06. The second kappa shape index (κ2) is 7.60. The van der Waals surface area contributed by atoms with Crippen LogP contribution in [0.25, 0.3) is 0 Å². The Morgan fingerprint density at radius 1 is 1.37 bits per heavy atom. The summed E-state index contributed by atoms with van der Waals surface area (Å²) in [6.45, 7) is 0.997. The Labute approximate surface area is 112 Å². The second-order valence-corrected chi connectivity index (χ2v) is 3.97. The number of rotatable bonds is 7. The van der Waals surface area contributed by atoms with Crippen molar-refractivity contribution in [1.82, 2.24) is 4.90 Å². The first-order valence-corrected chi connectivity index (χ1v) is 5.96. The van der Waals surface area contributed by atoms with Gasteiger partial charge in [-0.2, -0.15) is 0 Å². The minimum atomic E-state index is -0.190. The number of anilines is 1. The molecule has 0 fully saturated rings. The highest BCUT2D eigenvalue weighted by molar-refractivity contribution is 5.95. The van der Waals surface area contributed by atoms with Gasteiger partial charge in [-0.15, -0.1) is 0 Å². The van der Waals surface area contributed by atoms with E-state index in [9.17, 15) is 4.79 Å². The lowest BCUT2D eigenvalue weighted by atomic mass is 10.1. The monoisotopic (exact) mass is 268 g/mol. The Morgan fingerprint density at radius 3 is 2.68 bits per heavy atom. The highest BCUT2D eigenvalue weighted by atomic mass is 16.5. The summed E-state index contributed by atoms with van der Waals surface area (Å²) in [6, 6.07) is 4.85. The third-order valence-electron chi connectivity index (χ3n) is 2.70. The summed E-state index contributed by atoms with van der Waals surface area (Å²) in [6.07, 6.45) is 0. The van der Waals surface area contributed by atoms with Crippen molar-refractivity contribution >= 4 is 11.6 Å². The molecule has 1 aromatic carbocycles. The van der Waals surface area contributed by atoms with E-state index in [2.05, 4.69) is 0 Å². The zero-order valence-corrected chi connectivity index (χ0v) is 11.3. The molecule has 0 radical (unpaired) electrons.